The summed E-state index contributed by atoms with van der Waals surface area (Å²) < 4.78 is 56.2. The summed E-state index contributed by atoms with van der Waals surface area (Å²) in [5, 5.41) is 146. The maximum atomic E-state index is 11.2. The second-order valence-corrected chi connectivity index (χ2v) is 14.0. The van der Waals surface area contributed by atoms with Gasteiger partial charge in [0.2, 0.25) is 0 Å². The largest absolute Gasteiger partial charge is 0.394 e. The van der Waals surface area contributed by atoms with Crippen molar-refractivity contribution in [2.75, 3.05) is 33.5 Å². The van der Waals surface area contributed by atoms with Crippen LogP contribution < -0.4 is 0 Å². The van der Waals surface area contributed by atoms with E-state index in [0.29, 0.717) is 0 Å². The van der Waals surface area contributed by atoms with E-state index < -0.39 is 174 Å². The first kappa shape index (κ1) is 45.1. The predicted octanol–water partition coefficient (Wildman–Crippen LogP) is -9.21. The summed E-state index contributed by atoms with van der Waals surface area (Å²) in [6.45, 7) is -1.81. The average Bonchev–Trinajstić information content (AvgIpc) is 3.17. The van der Waals surface area contributed by atoms with Crippen molar-refractivity contribution in [3.63, 3.8) is 0 Å². The summed E-state index contributed by atoms with van der Waals surface area (Å²) in [7, 11) is 1.19. The number of methoxy groups -OCH3 is 1. The molecule has 24 nitrogen and oxygen atoms in total. The average molecular weight is 811 g/mol. The van der Waals surface area contributed by atoms with Crippen molar-refractivity contribution in [2.24, 2.45) is 0 Å². The van der Waals surface area contributed by atoms with Gasteiger partial charge < -0.3 is 119 Å². The van der Waals surface area contributed by atoms with Crippen LogP contribution in [0.4, 0.5) is 0 Å². The highest BCUT2D eigenvalue weighted by molar-refractivity contribution is 4.98. The molecule has 0 amide bonds. The van der Waals surface area contributed by atoms with E-state index in [1.54, 1.807) is 0 Å². The van der Waals surface area contributed by atoms with Gasteiger partial charge in [-0.3, -0.25) is 0 Å². The lowest BCUT2D eigenvalue weighted by Gasteiger charge is -2.49. The highest BCUT2D eigenvalue weighted by Crippen LogP contribution is 2.36. The van der Waals surface area contributed by atoms with E-state index in [9.17, 15) is 71.5 Å². The Kier molecular flexibility index (Phi) is 15.9. The molecule has 0 spiro atoms. The molecule has 5 heterocycles. The Hall–Kier alpha value is -0.960. The second-order valence-electron chi connectivity index (χ2n) is 14.0. The monoisotopic (exact) mass is 810 g/mol. The van der Waals surface area contributed by atoms with E-state index in [4.69, 9.17) is 47.4 Å². The first-order valence-electron chi connectivity index (χ1n) is 17.8. The minimum atomic E-state index is -2.04. The van der Waals surface area contributed by atoms with Crippen molar-refractivity contribution in [1.29, 1.82) is 0 Å². The molecular formula is C31H54O24. The van der Waals surface area contributed by atoms with E-state index in [1.165, 1.54) is 14.0 Å². The maximum absolute atomic E-state index is 11.2. The lowest BCUT2D eigenvalue weighted by atomic mass is 9.95. The molecule has 5 aliphatic heterocycles. The summed E-state index contributed by atoms with van der Waals surface area (Å²) in [5.41, 5.74) is 0. The van der Waals surface area contributed by atoms with Crippen LogP contribution in [0.15, 0.2) is 0 Å². The fourth-order valence-corrected chi connectivity index (χ4v) is 7.06. The molecule has 0 aromatic heterocycles. The Labute approximate surface area is 313 Å². The molecule has 0 radical (unpaired) electrons. The zero-order valence-electron chi connectivity index (χ0n) is 29.7. The van der Waals surface area contributed by atoms with Gasteiger partial charge in [-0.15, -0.1) is 0 Å². The van der Waals surface area contributed by atoms with Crippen LogP contribution in [0, 0.1) is 0 Å². The zero-order chi connectivity index (χ0) is 40.5. The van der Waals surface area contributed by atoms with Crippen LogP contribution in [0.2, 0.25) is 0 Å². The molecule has 322 valence electrons. The lowest BCUT2D eigenvalue weighted by Crippen LogP contribution is -2.68. The molecule has 0 unspecified atom stereocenters. The first-order valence-corrected chi connectivity index (χ1v) is 17.8. The van der Waals surface area contributed by atoms with Crippen molar-refractivity contribution in [2.45, 2.75) is 161 Å². The summed E-state index contributed by atoms with van der Waals surface area (Å²) in [6.07, 6.45) is -39.3. The van der Waals surface area contributed by atoms with Gasteiger partial charge >= 0.3 is 0 Å². The third-order valence-corrected chi connectivity index (χ3v) is 10.4. The number of hydrogen-bond donors (Lipinski definition) is 14. The molecule has 55 heavy (non-hydrogen) atoms. The quantitative estimate of drug-likeness (QED) is 0.0821. The summed E-state index contributed by atoms with van der Waals surface area (Å²) in [6, 6.07) is 0. The standard InChI is InChI=1S/C31H54O24/c1-8-9(36)3-10(37)27(47-8)54-25-16(39)12(5-33)49-31(46-2)26(25)55-30-22(45)19(42)24(14(7-35)51-30)53-29-21(44)18(41)23(13(6-34)50-29)52-28-20(43)17(40)15(38)11(4-32)48-28/h8-45H,3-7H2,1-2H3/t8-,9-,10-,11-,12-,13-,14-,15-,16-,17+,18-,19-,20-,21-,22-,23-,24+,25+,26+,27-,28+,29+,30-,31+/m1/s1. The topological polar surface area (TPSA) is 376 Å². The van der Waals surface area contributed by atoms with E-state index in [2.05, 4.69) is 0 Å². The molecular weight excluding hydrogens is 756 g/mol. The SMILES string of the molecule is CO[C@H]1O[C@H](CO)[C@@H](O)[C@H](O[C@H]2O[C@H](C)[C@H](O)C[C@H]2O)[C@@H]1O[C@H]1O[C@H](CO)[C@H](O[C@@H]2O[C@H](CO)[C@@H](O[C@@H]3O[C@H](CO)[C@@H](O)[C@H](O)[C@H]3O)[C@H](O)[C@H]2O)[C@H](O)[C@H]1O. The molecule has 0 bridgehead atoms. The highest BCUT2D eigenvalue weighted by atomic mass is 16.8. The summed E-state index contributed by atoms with van der Waals surface area (Å²) in [5.74, 6) is 0. The lowest BCUT2D eigenvalue weighted by molar-refractivity contribution is -0.398. The van der Waals surface area contributed by atoms with Crippen LogP contribution in [0.5, 0.6) is 0 Å². The molecule has 5 saturated heterocycles. The number of ether oxygens (including phenoxy) is 10. The normalized spacial score (nSPS) is 52.6. The van der Waals surface area contributed by atoms with Gasteiger partial charge in [0.25, 0.3) is 0 Å². The molecule has 0 aromatic rings. The fraction of sp³-hybridized carbons (Fsp3) is 1.00. The van der Waals surface area contributed by atoms with Gasteiger partial charge in [0.15, 0.2) is 31.5 Å². The summed E-state index contributed by atoms with van der Waals surface area (Å²) >= 11 is 0. The van der Waals surface area contributed by atoms with Gasteiger partial charge in [0.1, 0.15) is 104 Å². The molecule has 5 aliphatic rings. The van der Waals surface area contributed by atoms with Crippen molar-refractivity contribution in [3.8, 4) is 0 Å². The number of aliphatic hydroxyl groups is 14. The third-order valence-electron chi connectivity index (χ3n) is 10.4. The molecule has 5 fully saturated rings. The Morgan fingerprint density at radius 1 is 0.400 bits per heavy atom. The van der Waals surface area contributed by atoms with E-state index in [1.807, 2.05) is 0 Å². The van der Waals surface area contributed by atoms with Gasteiger partial charge in [-0.2, -0.15) is 0 Å². The van der Waals surface area contributed by atoms with Gasteiger partial charge in [-0.1, -0.05) is 0 Å². The Morgan fingerprint density at radius 2 is 0.800 bits per heavy atom. The molecule has 24 atom stereocenters. The number of hydrogen-bond acceptors (Lipinski definition) is 24. The third kappa shape index (κ3) is 9.43. The molecule has 5 rings (SSSR count). The smallest absolute Gasteiger partial charge is 0.187 e. The predicted molar refractivity (Wildman–Crippen MR) is 169 cm³/mol. The second kappa shape index (κ2) is 19.4. The van der Waals surface area contributed by atoms with Crippen LogP contribution in [-0.2, 0) is 47.4 Å². The van der Waals surface area contributed by atoms with Crippen molar-refractivity contribution in [1.82, 2.24) is 0 Å². The van der Waals surface area contributed by atoms with Gasteiger partial charge in [-0.05, 0) is 6.92 Å². The van der Waals surface area contributed by atoms with Crippen molar-refractivity contribution < 1.29 is 119 Å². The first-order chi connectivity index (χ1) is 26.1. The highest BCUT2D eigenvalue weighted by Gasteiger charge is 2.56. The van der Waals surface area contributed by atoms with Crippen LogP contribution in [0.3, 0.4) is 0 Å². The van der Waals surface area contributed by atoms with Gasteiger partial charge in [0.05, 0.1) is 38.6 Å². The van der Waals surface area contributed by atoms with E-state index >= 15 is 0 Å². The number of aliphatic hydroxyl groups excluding tert-OH is 14. The maximum Gasteiger partial charge on any atom is 0.187 e. The van der Waals surface area contributed by atoms with Crippen LogP contribution >= 0.6 is 0 Å². The van der Waals surface area contributed by atoms with Gasteiger partial charge in [0, 0.05) is 13.5 Å². The Balaban J connectivity index is 1.28. The van der Waals surface area contributed by atoms with Crippen molar-refractivity contribution in [3.05, 3.63) is 0 Å². The Bertz CT molecular complexity index is 1170. The van der Waals surface area contributed by atoms with Crippen LogP contribution in [0.25, 0.3) is 0 Å². The Morgan fingerprint density at radius 3 is 1.27 bits per heavy atom. The van der Waals surface area contributed by atoms with Gasteiger partial charge in [-0.25, -0.2) is 0 Å². The van der Waals surface area contributed by atoms with Crippen molar-refractivity contribution >= 4 is 0 Å². The van der Waals surface area contributed by atoms with Crippen LogP contribution in [0.1, 0.15) is 13.3 Å². The fourth-order valence-electron chi connectivity index (χ4n) is 7.06. The minimum Gasteiger partial charge on any atom is -0.394 e. The molecule has 0 saturated carbocycles. The number of rotatable bonds is 13. The minimum absolute atomic E-state index is 0.147. The zero-order valence-corrected chi connectivity index (χ0v) is 29.7. The molecule has 0 aromatic carbocycles. The molecule has 14 N–H and O–H groups in total. The molecule has 24 heteroatoms. The van der Waals surface area contributed by atoms with Crippen LogP contribution in [-0.4, -0.2) is 252 Å². The van der Waals surface area contributed by atoms with E-state index in [0.717, 1.165) is 0 Å². The molecule has 0 aliphatic carbocycles. The van der Waals surface area contributed by atoms with E-state index in [-0.39, 0.29) is 6.42 Å². The summed E-state index contributed by atoms with van der Waals surface area (Å²) in [4.78, 5) is 0.